The number of benzene rings is 1. The second-order valence-corrected chi connectivity index (χ2v) is 5.63. The third-order valence-corrected chi connectivity index (χ3v) is 3.67. The van der Waals surface area contributed by atoms with E-state index in [1.54, 1.807) is 0 Å². The van der Waals surface area contributed by atoms with Crippen LogP contribution in [0.1, 0.15) is 26.7 Å². The lowest BCUT2D eigenvalue weighted by atomic mass is 10.0. The molecule has 19 heavy (non-hydrogen) atoms. The van der Waals surface area contributed by atoms with Crippen molar-refractivity contribution in [3.63, 3.8) is 0 Å². The molecular weight excluding hydrogens is 245 g/mol. The summed E-state index contributed by atoms with van der Waals surface area (Å²) in [7, 11) is 0. The van der Waals surface area contributed by atoms with Crippen LogP contribution in [0.25, 0.3) is 0 Å². The van der Waals surface area contributed by atoms with Crippen LogP contribution in [0.5, 0.6) is 0 Å². The molecule has 3 N–H and O–H groups in total. The first-order chi connectivity index (χ1) is 8.88. The molecule has 5 heteroatoms. The molecule has 1 saturated heterocycles. The Kier molecular flexibility index (Phi) is 3.75. The first-order valence-corrected chi connectivity index (χ1v) is 6.48. The maximum Gasteiger partial charge on any atom is 0.238 e. The molecule has 1 aromatic rings. The van der Waals surface area contributed by atoms with Crippen molar-refractivity contribution in [2.75, 3.05) is 24.1 Å². The lowest BCUT2D eigenvalue weighted by Gasteiger charge is -2.30. The van der Waals surface area contributed by atoms with Crippen LogP contribution in [-0.2, 0) is 4.79 Å². The Bertz CT molecular complexity index is 488. The molecule has 1 heterocycles. The number of carbonyl (C=O) groups excluding carboxylic acids is 1. The molecule has 0 aliphatic carbocycles. The van der Waals surface area contributed by atoms with Crippen molar-refractivity contribution in [2.45, 2.75) is 32.2 Å². The number of nitrogen functional groups attached to an aromatic ring is 1. The van der Waals surface area contributed by atoms with Crippen molar-refractivity contribution in [1.29, 1.82) is 0 Å². The highest BCUT2D eigenvalue weighted by Crippen LogP contribution is 2.27. The van der Waals surface area contributed by atoms with Crippen LogP contribution in [-0.4, -0.2) is 29.4 Å². The van der Waals surface area contributed by atoms with Crippen LogP contribution in [0.4, 0.5) is 15.8 Å². The van der Waals surface area contributed by atoms with Gasteiger partial charge in [0.2, 0.25) is 5.91 Å². The molecule has 0 spiro atoms. The van der Waals surface area contributed by atoms with Crippen LogP contribution in [0.2, 0.25) is 0 Å². The predicted octanol–water partition coefficient (Wildman–Crippen LogP) is 2.22. The molecule has 1 aliphatic heterocycles. The average Bonchev–Trinajstić information content (AvgIpc) is 2.63. The Morgan fingerprint density at radius 2 is 2.26 bits per heavy atom. The van der Waals surface area contributed by atoms with Crippen LogP contribution >= 0.6 is 0 Å². The van der Waals surface area contributed by atoms with Gasteiger partial charge in [0.1, 0.15) is 5.82 Å². The Morgan fingerprint density at radius 1 is 1.53 bits per heavy atom. The quantitative estimate of drug-likeness (QED) is 0.824. The highest BCUT2D eigenvalue weighted by Gasteiger charge is 2.32. The number of nitrogens with zero attached hydrogens (tertiary/aromatic N) is 1. The number of rotatable bonds is 3. The van der Waals surface area contributed by atoms with Gasteiger partial charge in [-0.15, -0.1) is 0 Å². The van der Waals surface area contributed by atoms with E-state index in [0.29, 0.717) is 5.69 Å². The minimum absolute atomic E-state index is 0.0333. The minimum Gasteiger partial charge on any atom is -0.399 e. The summed E-state index contributed by atoms with van der Waals surface area (Å²) in [5.74, 6) is -0.678. The Morgan fingerprint density at radius 3 is 2.89 bits per heavy atom. The number of carbonyl (C=O) groups is 1. The summed E-state index contributed by atoms with van der Waals surface area (Å²) < 4.78 is 13.5. The van der Waals surface area contributed by atoms with Crippen LogP contribution < -0.4 is 11.1 Å². The fourth-order valence-corrected chi connectivity index (χ4v) is 2.46. The van der Waals surface area contributed by atoms with Crippen LogP contribution in [0.3, 0.4) is 0 Å². The number of amides is 1. The molecule has 104 valence electrons. The molecular formula is C14H20FN3O. The summed E-state index contributed by atoms with van der Waals surface area (Å²) in [4.78, 5) is 14.1. The van der Waals surface area contributed by atoms with E-state index in [4.69, 9.17) is 5.73 Å². The van der Waals surface area contributed by atoms with Gasteiger partial charge in [0, 0.05) is 11.2 Å². The summed E-state index contributed by atoms with van der Waals surface area (Å²) in [5, 5.41) is 2.58. The zero-order chi connectivity index (χ0) is 14.0. The van der Waals surface area contributed by atoms with Gasteiger partial charge in [-0.3, -0.25) is 9.69 Å². The standard InChI is InChI=1S/C14H20FN3O/c1-14(2)6-3-7-18(14)9-13(19)17-12-8-10(16)4-5-11(12)15/h4-5,8H,3,6-7,9,16H2,1-2H3,(H,17,19). The largest absolute Gasteiger partial charge is 0.399 e. The van der Waals surface area contributed by atoms with Gasteiger partial charge in [0.25, 0.3) is 0 Å². The number of nitrogens with two attached hydrogens (primary N) is 1. The van der Waals surface area contributed by atoms with Gasteiger partial charge < -0.3 is 11.1 Å². The summed E-state index contributed by atoms with van der Waals surface area (Å²) in [6.07, 6.45) is 2.17. The molecule has 1 fully saturated rings. The third-order valence-electron chi connectivity index (χ3n) is 3.67. The molecule has 0 saturated carbocycles. The molecule has 0 radical (unpaired) electrons. The Balaban J connectivity index is 2.00. The molecule has 0 atom stereocenters. The molecule has 0 aromatic heterocycles. The molecule has 0 unspecified atom stereocenters. The summed E-state index contributed by atoms with van der Waals surface area (Å²) in [6, 6.07) is 4.15. The van der Waals surface area contributed by atoms with Crippen LogP contribution in [0, 0.1) is 5.82 Å². The summed E-state index contributed by atoms with van der Waals surface area (Å²) in [5.41, 5.74) is 6.18. The number of halogens is 1. The second-order valence-electron chi connectivity index (χ2n) is 5.63. The fraction of sp³-hybridized carbons (Fsp3) is 0.500. The summed E-state index contributed by atoms with van der Waals surface area (Å²) >= 11 is 0. The van der Waals surface area contributed by atoms with Crippen molar-refractivity contribution in [1.82, 2.24) is 4.90 Å². The monoisotopic (exact) mass is 265 g/mol. The van der Waals surface area contributed by atoms with Crippen molar-refractivity contribution >= 4 is 17.3 Å². The van der Waals surface area contributed by atoms with E-state index in [1.165, 1.54) is 18.2 Å². The van der Waals surface area contributed by atoms with E-state index < -0.39 is 5.82 Å². The maximum absolute atomic E-state index is 13.5. The molecule has 1 amide bonds. The van der Waals surface area contributed by atoms with Crippen molar-refractivity contribution < 1.29 is 9.18 Å². The zero-order valence-electron chi connectivity index (χ0n) is 11.4. The minimum atomic E-state index is -0.469. The third kappa shape index (κ3) is 3.23. The molecule has 1 aromatic carbocycles. The van der Waals surface area contributed by atoms with Crippen molar-refractivity contribution in [3.05, 3.63) is 24.0 Å². The molecule has 2 rings (SSSR count). The van der Waals surface area contributed by atoms with E-state index >= 15 is 0 Å². The highest BCUT2D eigenvalue weighted by atomic mass is 19.1. The Hall–Kier alpha value is -1.62. The SMILES string of the molecule is CC1(C)CCCN1CC(=O)Nc1cc(N)ccc1F. The van der Waals surface area contributed by atoms with E-state index in [9.17, 15) is 9.18 Å². The van der Waals surface area contributed by atoms with Crippen LogP contribution in [0.15, 0.2) is 18.2 Å². The molecule has 4 nitrogen and oxygen atoms in total. The van der Waals surface area contributed by atoms with Crippen molar-refractivity contribution in [2.24, 2.45) is 0 Å². The molecule has 1 aliphatic rings. The number of likely N-dealkylation sites (tertiary alicyclic amines) is 1. The first-order valence-electron chi connectivity index (χ1n) is 6.48. The number of nitrogens with one attached hydrogen (secondary N) is 1. The van der Waals surface area contributed by atoms with E-state index in [0.717, 1.165) is 19.4 Å². The van der Waals surface area contributed by atoms with Gasteiger partial charge in [-0.2, -0.15) is 0 Å². The highest BCUT2D eigenvalue weighted by molar-refractivity contribution is 5.92. The lowest BCUT2D eigenvalue weighted by molar-refractivity contribution is -0.118. The topological polar surface area (TPSA) is 58.4 Å². The first kappa shape index (κ1) is 13.8. The van der Waals surface area contributed by atoms with Gasteiger partial charge in [-0.05, 0) is 51.4 Å². The van der Waals surface area contributed by atoms with E-state index in [2.05, 4.69) is 24.1 Å². The lowest BCUT2D eigenvalue weighted by Crippen LogP contribution is -2.43. The molecule has 0 bridgehead atoms. The second kappa shape index (κ2) is 5.17. The van der Waals surface area contributed by atoms with Gasteiger partial charge in [0.05, 0.1) is 12.2 Å². The van der Waals surface area contributed by atoms with Gasteiger partial charge in [-0.25, -0.2) is 4.39 Å². The number of hydrogen-bond acceptors (Lipinski definition) is 3. The smallest absolute Gasteiger partial charge is 0.238 e. The summed E-state index contributed by atoms with van der Waals surface area (Å²) in [6.45, 7) is 5.42. The van der Waals surface area contributed by atoms with Gasteiger partial charge in [-0.1, -0.05) is 0 Å². The average molecular weight is 265 g/mol. The number of anilines is 2. The number of hydrogen-bond donors (Lipinski definition) is 2. The Labute approximate surface area is 112 Å². The van der Waals surface area contributed by atoms with Crippen molar-refractivity contribution in [3.8, 4) is 0 Å². The maximum atomic E-state index is 13.5. The van der Waals surface area contributed by atoms with Gasteiger partial charge >= 0.3 is 0 Å². The van der Waals surface area contributed by atoms with Gasteiger partial charge in [0.15, 0.2) is 0 Å². The normalized spacial score (nSPS) is 18.5. The van der Waals surface area contributed by atoms with E-state index in [1.807, 2.05) is 0 Å². The fourth-order valence-electron chi connectivity index (χ4n) is 2.46. The zero-order valence-corrected chi connectivity index (χ0v) is 11.4. The van der Waals surface area contributed by atoms with E-state index in [-0.39, 0.29) is 23.7 Å². The predicted molar refractivity (Wildman–Crippen MR) is 74.3 cm³/mol.